The Labute approximate surface area is 107 Å². The second-order valence-corrected chi connectivity index (χ2v) is 8.37. The summed E-state index contributed by atoms with van der Waals surface area (Å²) in [6.45, 7) is 12.0. The minimum absolute atomic E-state index is 0.242. The first-order valence-corrected chi connectivity index (χ1v) is 8.39. The highest BCUT2D eigenvalue weighted by Gasteiger charge is 2.17. The van der Waals surface area contributed by atoms with Gasteiger partial charge < -0.3 is 5.32 Å². The van der Waals surface area contributed by atoms with E-state index < -0.39 is 9.84 Å². The largest absolute Gasteiger partial charge is 0.316 e. The SMILES string of the molecule is CC(C)CNCCC(C)CCS(=O)(=O)C(C)C. The molecule has 0 bridgehead atoms. The van der Waals surface area contributed by atoms with Crippen LogP contribution in [0.1, 0.15) is 47.5 Å². The molecule has 0 fully saturated rings. The Balaban J connectivity index is 3.70. The Morgan fingerprint density at radius 1 is 1.00 bits per heavy atom. The van der Waals surface area contributed by atoms with Crippen LogP contribution in [0.5, 0.6) is 0 Å². The van der Waals surface area contributed by atoms with Crippen molar-refractivity contribution in [3.8, 4) is 0 Å². The molecule has 0 spiro atoms. The molecule has 1 N–H and O–H groups in total. The Morgan fingerprint density at radius 3 is 2.06 bits per heavy atom. The summed E-state index contributed by atoms with van der Waals surface area (Å²) >= 11 is 0. The van der Waals surface area contributed by atoms with Gasteiger partial charge in [0.1, 0.15) is 0 Å². The standard InChI is InChI=1S/C13H29NO2S/c1-11(2)10-14-8-6-13(5)7-9-17(15,16)12(3)4/h11-14H,6-10H2,1-5H3. The highest BCUT2D eigenvalue weighted by molar-refractivity contribution is 7.91. The molecule has 0 amide bonds. The van der Waals surface area contributed by atoms with Gasteiger partial charge in [-0.1, -0.05) is 20.8 Å². The molecule has 0 aromatic carbocycles. The number of hydrogen-bond acceptors (Lipinski definition) is 3. The normalized spacial score (nSPS) is 14.5. The van der Waals surface area contributed by atoms with Crippen LogP contribution >= 0.6 is 0 Å². The maximum atomic E-state index is 11.6. The first-order chi connectivity index (χ1) is 7.75. The molecule has 1 atom stereocenters. The molecule has 0 aliphatic rings. The van der Waals surface area contributed by atoms with Crippen LogP contribution in [-0.4, -0.2) is 32.5 Å². The van der Waals surface area contributed by atoms with Gasteiger partial charge in [0.2, 0.25) is 0 Å². The third kappa shape index (κ3) is 8.61. The molecule has 0 heterocycles. The lowest BCUT2D eigenvalue weighted by molar-refractivity contribution is 0.465. The van der Waals surface area contributed by atoms with Crippen LogP contribution in [0.3, 0.4) is 0 Å². The topological polar surface area (TPSA) is 46.2 Å². The first kappa shape index (κ1) is 16.9. The van der Waals surface area contributed by atoms with Gasteiger partial charge in [0.25, 0.3) is 0 Å². The van der Waals surface area contributed by atoms with E-state index in [4.69, 9.17) is 0 Å². The van der Waals surface area contributed by atoms with E-state index in [0.29, 0.717) is 17.6 Å². The average Bonchev–Trinajstić information content (AvgIpc) is 2.21. The summed E-state index contributed by atoms with van der Waals surface area (Å²) in [5.74, 6) is 1.48. The fourth-order valence-electron chi connectivity index (χ4n) is 1.48. The van der Waals surface area contributed by atoms with Crippen molar-refractivity contribution < 1.29 is 8.42 Å². The molecule has 0 rings (SSSR count). The van der Waals surface area contributed by atoms with Crippen molar-refractivity contribution in [1.82, 2.24) is 5.32 Å². The lowest BCUT2D eigenvalue weighted by Crippen LogP contribution is -2.23. The first-order valence-electron chi connectivity index (χ1n) is 6.68. The minimum atomic E-state index is -2.86. The number of nitrogens with one attached hydrogen (secondary N) is 1. The Hall–Kier alpha value is -0.0900. The maximum absolute atomic E-state index is 11.6. The summed E-state index contributed by atoms with van der Waals surface area (Å²) in [6.07, 6.45) is 1.84. The zero-order valence-corrected chi connectivity index (χ0v) is 12.8. The van der Waals surface area contributed by atoms with E-state index >= 15 is 0 Å². The average molecular weight is 263 g/mol. The number of rotatable bonds is 9. The number of sulfone groups is 1. The van der Waals surface area contributed by atoms with E-state index in [9.17, 15) is 8.42 Å². The molecular formula is C13H29NO2S. The molecule has 0 saturated carbocycles. The maximum Gasteiger partial charge on any atom is 0.152 e. The summed E-state index contributed by atoms with van der Waals surface area (Å²) in [7, 11) is -2.86. The van der Waals surface area contributed by atoms with E-state index in [-0.39, 0.29) is 5.25 Å². The lowest BCUT2D eigenvalue weighted by Gasteiger charge is -2.14. The summed E-state index contributed by atoms with van der Waals surface area (Å²) in [6, 6.07) is 0. The molecule has 17 heavy (non-hydrogen) atoms. The minimum Gasteiger partial charge on any atom is -0.316 e. The molecule has 1 unspecified atom stereocenters. The zero-order chi connectivity index (χ0) is 13.5. The van der Waals surface area contributed by atoms with Crippen molar-refractivity contribution in [2.75, 3.05) is 18.8 Å². The second kappa shape index (κ2) is 8.09. The van der Waals surface area contributed by atoms with Gasteiger partial charge in [0.15, 0.2) is 9.84 Å². The molecule has 104 valence electrons. The van der Waals surface area contributed by atoms with Crippen LogP contribution in [0.4, 0.5) is 0 Å². The fourth-order valence-corrected chi connectivity index (χ4v) is 2.69. The predicted octanol–water partition coefficient (Wildman–Crippen LogP) is 2.47. The van der Waals surface area contributed by atoms with Crippen LogP contribution < -0.4 is 5.32 Å². The van der Waals surface area contributed by atoms with Gasteiger partial charge in [0, 0.05) is 0 Å². The summed E-state index contributed by atoms with van der Waals surface area (Å²) in [4.78, 5) is 0. The van der Waals surface area contributed by atoms with Crippen LogP contribution in [0.2, 0.25) is 0 Å². The fraction of sp³-hybridized carbons (Fsp3) is 1.00. The molecular weight excluding hydrogens is 234 g/mol. The van der Waals surface area contributed by atoms with Gasteiger partial charge in [-0.05, 0) is 51.6 Å². The van der Waals surface area contributed by atoms with Crippen LogP contribution in [0, 0.1) is 11.8 Å². The second-order valence-electron chi connectivity index (χ2n) is 5.70. The van der Waals surface area contributed by atoms with Crippen molar-refractivity contribution >= 4 is 9.84 Å². The number of hydrogen-bond donors (Lipinski definition) is 1. The highest BCUT2D eigenvalue weighted by atomic mass is 32.2. The van der Waals surface area contributed by atoms with E-state index in [0.717, 1.165) is 25.9 Å². The molecule has 0 aliphatic carbocycles. The van der Waals surface area contributed by atoms with Crippen molar-refractivity contribution in [1.29, 1.82) is 0 Å². The van der Waals surface area contributed by atoms with Crippen molar-refractivity contribution in [3.05, 3.63) is 0 Å². The van der Waals surface area contributed by atoms with Crippen LogP contribution in [0.15, 0.2) is 0 Å². The van der Waals surface area contributed by atoms with Crippen molar-refractivity contribution in [2.45, 2.75) is 52.7 Å². The molecule has 3 nitrogen and oxygen atoms in total. The van der Waals surface area contributed by atoms with Gasteiger partial charge in [-0.15, -0.1) is 0 Å². The van der Waals surface area contributed by atoms with Crippen molar-refractivity contribution in [2.24, 2.45) is 11.8 Å². The summed E-state index contributed by atoms with van der Waals surface area (Å²) < 4.78 is 23.3. The van der Waals surface area contributed by atoms with E-state index in [2.05, 4.69) is 26.1 Å². The van der Waals surface area contributed by atoms with Gasteiger partial charge >= 0.3 is 0 Å². The smallest absolute Gasteiger partial charge is 0.152 e. The van der Waals surface area contributed by atoms with Gasteiger partial charge in [-0.2, -0.15) is 0 Å². The zero-order valence-electron chi connectivity index (χ0n) is 12.0. The van der Waals surface area contributed by atoms with Crippen molar-refractivity contribution in [3.63, 3.8) is 0 Å². The molecule has 0 aromatic heterocycles. The monoisotopic (exact) mass is 263 g/mol. The van der Waals surface area contributed by atoms with E-state index in [1.165, 1.54) is 0 Å². The molecule has 0 aliphatic heterocycles. The van der Waals surface area contributed by atoms with Crippen LogP contribution in [-0.2, 0) is 9.84 Å². The Bertz CT molecular complexity index is 284. The summed E-state index contributed by atoms with van der Waals surface area (Å²) in [5, 5.41) is 3.14. The van der Waals surface area contributed by atoms with Gasteiger partial charge in [-0.25, -0.2) is 8.42 Å². The molecule has 4 heteroatoms. The third-order valence-corrected chi connectivity index (χ3v) is 5.22. The predicted molar refractivity (Wildman–Crippen MR) is 75.0 cm³/mol. The third-order valence-electron chi connectivity index (χ3n) is 2.98. The summed E-state index contributed by atoms with van der Waals surface area (Å²) in [5.41, 5.74) is 0. The quantitative estimate of drug-likeness (QED) is 0.650. The van der Waals surface area contributed by atoms with E-state index in [1.807, 2.05) is 0 Å². The van der Waals surface area contributed by atoms with Gasteiger partial charge in [-0.3, -0.25) is 0 Å². The van der Waals surface area contributed by atoms with E-state index in [1.54, 1.807) is 13.8 Å². The van der Waals surface area contributed by atoms with Gasteiger partial charge in [0.05, 0.1) is 11.0 Å². The Kier molecular flexibility index (Phi) is 8.05. The van der Waals surface area contributed by atoms with Crippen LogP contribution in [0.25, 0.3) is 0 Å². The molecule has 0 saturated heterocycles. The highest BCUT2D eigenvalue weighted by Crippen LogP contribution is 2.11. The molecule has 0 radical (unpaired) electrons. The molecule has 0 aromatic rings. The lowest BCUT2D eigenvalue weighted by atomic mass is 10.1. The Morgan fingerprint density at radius 2 is 1.59 bits per heavy atom.